The first-order valence-corrected chi connectivity index (χ1v) is 7.62. The predicted octanol–water partition coefficient (Wildman–Crippen LogP) is 2.87. The van der Waals surface area contributed by atoms with E-state index >= 15 is 0 Å². The molecule has 0 aromatic carbocycles. The average Bonchev–Trinajstić information content (AvgIpc) is 2.97. The van der Waals surface area contributed by atoms with Crippen LogP contribution in [0.2, 0.25) is 0 Å². The molecule has 0 radical (unpaired) electrons. The van der Waals surface area contributed by atoms with E-state index in [0.717, 1.165) is 25.7 Å². The van der Waals surface area contributed by atoms with Gasteiger partial charge in [-0.05, 0) is 51.0 Å². The van der Waals surface area contributed by atoms with E-state index in [1.807, 2.05) is 24.0 Å². The Kier molecular flexibility index (Phi) is 5.15. The number of hydrogen-bond acceptors (Lipinski definition) is 4. The fraction of sp³-hybridized carbons (Fsp3) is 0.688. The number of aromatic nitrogens is 2. The first-order valence-electron chi connectivity index (χ1n) is 7.62. The minimum atomic E-state index is -0.221. The van der Waals surface area contributed by atoms with Crippen molar-refractivity contribution in [2.45, 2.75) is 57.9 Å². The number of ketones is 1. The van der Waals surface area contributed by atoms with Gasteiger partial charge in [-0.2, -0.15) is 5.10 Å². The van der Waals surface area contributed by atoms with E-state index in [1.54, 1.807) is 6.92 Å². The molecule has 0 saturated heterocycles. The molecule has 0 amide bonds. The summed E-state index contributed by atoms with van der Waals surface area (Å²) in [5.41, 5.74) is 1.22. The number of hydrogen-bond donors (Lipinski definition) is 0. The maximum absolute atomic E-state index is 11.4. The second kappa shape index (κ2) is 6.87. The summed E-state index contributed by atoms with van der Waals surface area (Å²) >= 11 is 0. The van der Waals surface area contributed by atoms with Crippen LogP contribution in [0.4, 0.5) is 0 Å². The average molecular weight is 292 g/mol. The summed E-state index contributed by atoms with van der Waals surface area (Å²) in [5.74, 6) is 0.826. The highest BCUT2D eigenvalue weighted by Gasteiger charge is 2.26. The third-order valence-corrected chi connectivity index (χ3v) is 4.54. The lowest BCUT2D eigenvalue weighted by Gasteiger charge is -2.26. The lowest BCUT2D eigenvalue weighted by molar-refractivity contribution is -0.141. The molecule has 1 atom stereocenters. The van der Waals surface area contributed by atoms with Gasteiger partial charge in [0.15, 0.2) is 0 Å². The highest BCUT2D eigenvalue weighted by atomic mass is 16.5. The molecule has 1 aromatic heterocycles. The number of esters is 1. The molecule has 1 unspecified atom stereocenters. The third-order valence-electron chi connectivity index (χ3n) is 4.54. The molecular weight excluding hydrogens is 268 g/mol. The third kappa shape index (κ3) is 3.93. The van der Waals surface area contributed by atoms with Gasteiger partial charge >= 0.3 is 5.97 Å². The number of rotatable bonds is 5. The Morgan fingerprint density at radius 3 is 2.62 bits per heavy atom. The largest absolute Gasteiger partial charge is 0.469 e. The molecule has 0 aliphatic heterocycles. The fourth-order valence-corrected chi connectivity index (χ4v) is 3.06. The van der Waals surface area contributed by atoms with E-state index in [1.165, 1.54) is 12.7 Å². The van der Waals surface area contributed by atoms with Gasteiger partial charge in [0.2, 0.25) is 0 Å². The Balaban J connectivity index is 1.94. The maximum Gasteiger partial charge on any atom is 0.307 e. The molecule has 0 spiro atoms. The standard InChI is InChI=1S/C16H24N2O3/c1-11(8-16(20)21-3)18-10-15(9-17-18)14-6-4-13(5-7-14)12(2)19/h9-11,13-14H,4-8H2,1-3H3. The van der Waals surface area contributed by atoms with E-state index in [9.17, 15) is 9.59 Å². The summed E-state index contributed by atoms with van der Waals surface area (Å²) in [5, 5.41) is 4.37. The van der Waals surface area contributed by atoms with Crippen molar-refractivity contribution in [1.82, 2.24) is 9.78 Å². The molecule has 5 nitrogen and oxygen atoms in total. The van der Waals surface area contributed by atoms with Crippen LogP contribution in [0.15, 0.2) is 12.4 Å². The van der Waals surface area contributed by atoms with Crippen LogP contribution in [0.1, 0.15) is 63.5 Å². The minimum Gasteiger partial charge on any atom is -0.469 e. The number of carbonyl (C=O) groups is 2. The molecule has 1 heterocycles. The van der Waals surface area contributed by atoms with Crippen molar-refractivity contribution in [3.8, 4) is 0 Å². The maximum atomic E-state index is 11.4. The quantitative estimate of drug-likeness (QED) is 0.783. The van der Waals surface area contributed by atoms with Crippen LogP contribution in [0, 0.1) is 5.92 Å². The van der Waals surface area contributed by atoms with E-state index in [4.69, 9.17) is 0 Å². The Morgan fingerprint density at radius 2 is 2.05 bits per heavy atom. The first-order chi connectivity index (χ1) is 10.0. The van der Waals surface area contributed by atoms with E-state index in [0.29, 0.717) is 18.1 Å². The summed E-state index contributed by atoms with van der Waals surface area (Å²) < 4.78 is 6.52. The molecule has 5 heteroatoms. The summed E-state index contributed by atoms with van der Waals surface area (Å²) in [4.78, 5) is 22.7. The Labute approximate surface area is 125 Å². The van der Waals surface area contributed by atoms with Crippen molar-refractivity contribution < 1.29 is 14.3 Å². The normalized spacial score (nSPS) is 23.6. The van der Waals surface area contributed by atoms with Gasteiger partial charge in [-0.3, -0.25) is 14.3 Å². The summed E-state index contributed by atoms with van der Waals surface area (Å²) in [6.45, 7) is 3.65. The van der Waals surface area contributed by atoms with Crippen LogP contribution in [0.3, 0.4) is 0 Å². The van der Waals surface area contributed by atoms with Crippen molar-refractivity contribution in [3.05, 3.63) is 18.0 Å². The predicted molar refractivity (Wildman–Crippen MR) is 79.0 cm³/mol. The van der Waals surface area contributed by atoms with Gasteiger partial charge in [0, 0.05) is 12.1 Å². The number of methoxy groups -OCH3 is 1. The van der Waals surface area contributed by atoms with Gasteiger partial charge in [-0.15, -0.1) is 0 Å². The van der Waals surface area contributed by atoms with E-state index in [-0.39, 0.29) is 17.9 Å². The Morgan fingerprint density at radius 1 is 1.38 bits per heavy atom. The molecule has 2 rings (SSSR count). The van der Waals surface area contributed by atoms with E-state index < -0.39 is 0 Å². The van der Waals surface area contributed by atoms with Crippen molar-refractivity contribution in [3.63, 3.8) is 0 Å². The zero-order valence-electron chi connectivity index (χ0n) is 13.0. The van der Waals surface area contributed by atoms with Crippen LogP contribution in [-0.4, -0.2) is 28.6 Å². The topological polar surface area (TPSA) is 61.2 Å². The number of carbonyl (C=O) groups excluding carboxylic acids is 2. The highest BCUT2D eigenvalue weighted by Crippen LogP contribution is 2.36. The molecule has 1 saturated carbocycles. The lowest BCUT2D eigenvalue weighted by Crippen LogP contribution is -2.18. The molecule has 0 N–H and O–H groups in total. The van der Waals surface area contributed by atoms with Crippen LogP contribution < -0.4 is 0 Å². The fourth-order valence-electron chi connectivity index (χ4n) is 3.06. The summed E-state index contributed by atoms with van der Waals surface area (Å²) in [7, 11) is 1.40. The monoisotopic (exact) mass is 292 g/mol. The van der Waals surface area contributed by atoms with Crippen molar-refractivity contribution in [2.75, 3.05) is 7.11 Å². The number of Topliss-reactive ketones (excluding diaryl/α,β-unsaturated/α-hetero) is 1. The van der Waals surface area contributed by atoms with Gasteiger partial charge in [0.1, 0.15) is 5.78 Å². The molecule has 0 bridgehead atoms. The van der Waals surface area contributed by atoms with Crippen molar-refractivity contribution in [2.24, 2.45) is 5.92 Å². The van der Waals surface area contributed by atoms with Gasteiger partial charge in [0.25, 0.3) is 0 Å². The zero-order valence-corrected chi connectivity index (χ0v) is 13.0. The molecule has 1 fully saturated rings. The number of nitrogens with zero attached hydrogens (tertiary/aromatic N) is 2. The van der Waals surface area contributed by atoms with Gasteiger partial charge < -0.3 is 4.74 Å². The highest BCUT2D eigenvalue weighted by molar-refractivity contribution is 5.78. The molecular formula is C16H24N2O3. The SMILES string of the molecule is COC(=O)CC(C)n1cc(C2CCC(C(C)=O)CC2)cn1. The van der Waals surface area contributed by atoms with Gasteiger partial charge in [0.05, 0.1) is 25.8 Å². The molecule has 1 aromatic rings. The zero-order chi connectivity index (χ0) is 15.4. The smallest absolute Gasteiger partial charge is 0.307 e. The second-order valence-corrected chi connectivity index (χ2v) is 6.04. The van der Waals surface area contributed by atoms with E-state index in [2.05, 4.69) is 9.84 Å². The molecule has 21 heavy (non-hydrogen) atoms. The number of ether oxygens (including phenoxy) is 1. The molecule has 1 aliphatic rings. The Bertz CT molecular complexity index is 501. The second-order valence-electron chi connectivity index (χ2n) is 6.04. The van der Waals surface area contributed by atoms with Crippen LogP contribution in [0.25, 0.3) is 0 Å². The van der Waals surface area contributed by atoms with Crippen LogP contribution in [0.5, 0.6) is 0 Å². The Hall–Kier alpha value is -1.65. The summed E-state index contributed by atoms with van der Waals surface area (Å²) in [6, 6.07) is -0.000224. The first kappa shape index (κ1) is 15.7. The van der Waals surface area contributed by atoms with Crippen LogP contribution >= 0.6 is 0 Å². The van der Waals surface area contributed by atoms with Crippen LogP contribution in [-0.2, 0) is 14.3 Å². The van der Waals surface area contributed by atoms with Gasteiger partial charge in [-0.25, -0.2) is 0 Å². The molecule has 1 aliphatic carbocycles. The van der Waals surface area contributed by atoms with Crippen molar-refractivity contribution in [1.29, 1.82) is 0 Å². The van der Waals surface area contributed by atoms with Gasteiger partial charge in [-0.1, -0.05) is 0 Å². The minimum absolute atomic E-state index is 0.000224. The molecule has 116 valence electrons. The lowest BCUT2D eigenvalue weighted by atomic mass is 9.78. The summed E-state index contributed by atoms with van der Waals surface area (Å²) in [6.07, 6.45) is 8.29. The van der Waals surface area contributed by atoms with Crippen molar-refractivity contribution >= 4 is 11.8 Å².